The highest BCUT2D eigenvalue weighted by molar-refractivity contribution is 5.80. The van der Waals surface area contributed by atoms with E-state index in [0.29, 0.717) is 29.8 Å². The van der Waals surface area contributed by atoms with Gasteiger partial charge in [-0.3, -0.25) is 14.3 Å². The van der Waals surface area contributed by atoms with E-state index in [1.165, 1.54) is 16.7 Å². The van der Waals surface area contributed by atoms with Crippen LogP contribution in [0.1, 0.15) is 57.0 Å². The number of amides is 1. The molecule has 1 amide bonds. The number of halogens is 3. The number of nitrogens with zero attached hydrogens (tertiary/aromatic N) is 8. The SMILES string of the molecule is CC(C)(C)OC(=O)N1CCC(n2cc(-c3cnc4cnn(CC(O)c5cnc6ccc(C(F)(F)F)cn56)c4c3)cn2)CC1. The van der Waals surface area contributed by atoms with Gasteiger partial charge >= 0.3 is 12.3 Å². The molecule has 5 aromatic heterocycles. The topological polar surface area (TPSA) is 116 Å². The molecule has 1 N–H and O–H groups in total. The largest absolute Gasteiger partial charge is 0.444 e. The number of hydrogen-bond acceptors (Lipinski definition) is 7. The molecule has 1 saturated heterocycles. The number of aliphatic hydroxyl groups is 1. The van der Waals surface area contributed by atoms with Crippen molar-refractivity contribution < 1.29 is 27.8 Å². The van der Waals surface area contributed by atoms with Crippen molar-refractivity contribution in [3.63, 3.8) is 0 Å². The fourth-order valence-electron chi connectivity index (χ4n) is 5.26. The number of carbonyl (C=O) groups excluding carboxylic acids is 1. The lowest BCUT2D eigenvalue weighted by molar-refractivity contribution is -0.137. The van der Waals surface area contributed by atoms with E-state index in [1.807, 2.05) is 37.7 Å². The van der Waals surface area contributed by atoms with Crippen LogP contribution in [0.2, 0.25) is 0 Å². The van der Waals surface area contributed by atoms with Gasteiger partial charge in [0.2, 0.25) is 0 Å². The molecule has 0 aromatic carbocycles. The molecule has 11 nitrogen and oxygen atoms in total. The molecule has 1 atom stereocenters. The maximum absolute atomic E-state index is 13.3. The van der Waals surface area contributed by atoms with E-state index in [4.69, 9.17) is 4.74 Å². The van der Waals surface area contributed by atoms with Crippen LogP contribution in [0, 0.1) is 0 Å². The van der Waals surface area contributed by atoms with Gasteiger partial charge in [0.25, 0.3) is 0 Å². The van der Waals surface area contributed by atoms with Gasteiger partial charge in [-0.25, -0.2) is 9.78 Å². The number of piperidine rings is 1. The standard InChI is InChI=1S/C29H31F3N8O3/c1-28(2,3)43-27(42)37-8-6-21(7-9-37)39-15-19(12-35-39)18-10-23-22(33-11-18)13-36-40(23)17-25(41)24-14-34-26-5-4-20(16-38(24)26)29(30,31)32/h4-5,10-16,21,25,41H,6-9,17H2,1-3H3. The lowest BCUT2D eigenvalue weighted by Crippen LogP contribution is -2.42. The summed E-state index contributed by atoms with van der Waals surface area (Å²) in [5.74, 6) is 0. The summed E-state index contributed by atoms with van der Waals surface area (Å²) < 4.78 is 50.0. The third-order valence-electron chi connectivity index (χ3n) is 7.47. The Hall–Kier alpha value is -4.46. The number of rotatable bonds is 5. The first-order valence-electron chi connectivity index (χ1n) is 13.9. The van der Waals surface area contributed by atoms with Gasteiger partial charge in [-0.1, -0.05) is 0 Å². The Morgan fingerprint density at radius 3 is 2.51 bits per heavy atom. The van der Waals surface area contributed by atoms with Gasteiger partial charge in [-0.05, 0) is 51.8 Å². The molecule has 5 aromatic rings. The summed E-state index contributed by atoms with van der Waals surface area (Å²) in [5.41, 5.74) is 2.04. The van der Waals surface area contributed by atoms with Gasteiger partial charge < -0.3 is 19.1 Å². The van der Waals surface area contributed by atoms with Crippen molar-refractivity contribution in [2.45, 2.75) is 64.1 Å². The quantitative estimate of drug-likeness (QED) is 0.294. The Bertz CT molecular complexity index is 1780. The van der Waals surface area contributed by atoms with Crippen LogP contribution in [-0.4, -0.2) is 68.7 Å². The maximum Gasteiger partial charge on any atom is 0.417 e. The van der Waals surface area contributed by atoms with E-state index in [9.17, 15) is 23.1 Å². The molecule has 1 aliphatic heterocycles. The molecule has 6 heterocycles. The van der Waals surface area contributed by atoms with E-state index < -0.39 is 23.4 Å². The minimum Gasteiger partial charge on any atom is -0.444 e. The van der Waals surface area contributed by atoms with E-state index in [-0.39, 0.29) is 24.4 Å². The number of alkyl halides is 3. The lowest BCUT2D eigenvalue weighted by Gasteiger charge is -2.33. The summed E-state index contributed by atoms with van der Waals surface area (Å²) in [5, 5.41) is 19.9. The Labute approximate surface area is 244 Å². The number of hydrogen-bond donors (Lipinski definition) is 1. The minimum atomic E-state index is -4.52. The summed E-state index contributed by atoms with van der Waals surface area (Å²) in [6.07, 6.45) is 4.78. The molecule has 6 rings (SSSR count). The van der Waals surface area contributed by atoms with Crippen LogP contribution in [0.25, 0.3) is 27.8 Å². The van der Waals surface area contributed by atoms with Crippen LogP contribution in [0.4, 0.5) is 18.0 Å². The molecular formula is C29H31F3N8O3. The number of pyridine rings is 2. The van der Waals surface area contributed by atoms with Crippen molar-refractivity contribution >= 4 is 22.8 Å². The molecule has 226 valence electrons. The second-order valence-corrected chi connectivity index (χ2v) is 11.7. The number of ether oxygens (including phenoxy) is 1. The zero-order chi connectivity index (χ0) is 30.5. The van der Waals surface area contributed by atoms with Crippen molar-refractivity contribution in [2.24, 2.45) is 0 Å². The van der Waals surface area contributed by atoms with E-state index in [1.54, 1.807) is 28.2 Å². The van der Waals surface area contributed by atoms with Crippen molar-refractivity contribution in [1.29, 1.82) is 0 Å². The van der Waals surface area contributed by atoms with Crippen LogP contribution in [0.3, 0.4) is 0 Å². The summed E-state index contributed by atoms with van der Waals surface area (Å²) in [6, 6.07) is 4.25. The van der Waals surface area contributed by atoms with Crippen LogP contribution >= 0.6 is 0 Å². The molecule has 0 saturated carbocycles. The van der Waals surface area contributed by atoms with Crippen LogP contribution in [0.15, 0.2) is 55.4 Å². The van der Waals surface area contributed by atoms with E-state index >= 15 is 0 Å². The fraction of sp³-hybridized carbons (Fsp3) is 0.414. The monoisotopic (exact) mass is 596 g/mol. The Morgan fingerprint density at radius 1 is 1.02 bits per heavy atom. The normalized spacial score (nSPS) is 15.8. The molecule has 14 heteroatoms. The summed E-state index contributed by atoms with van der Waals surface area (Å²) in [6.45, 7) is 6.68. The van der Waals surface area contributed by atoms with Gasteiger partial charge in [0.1, 0.15) is 22.9 Å². The summed E-state index contributed by atoms with van der Waals surface area (Å²) in [7, 11) is 0. The van der Waals surface area contributed by atoms with Gasteiger partial charge in [-0.15, -0.1) is 0 Å². The zero-order valence-electron chi connectivity index (χ0n) is 23.9. The number of aliphatic hydroxyl groups excluding tert-OH is 1. The van der Waals surface area contributed by atoms with Gasteiger partial charge in [-0.2, -0.15) is 23.4 Å². The average molecular weight is 597 g/mol. The molecule has 0 radical (unpaired) electrons. The smallest absolute Gasteiger partial charge is 0.417 e. The number of fused-ring (bicyclic) bond motifs is 2. The molecule has 43 heavy (non-hydrogen) atoms. The Morgan fingerprint density at radius 2 is 1.79 bits per heavy atom. The highest BCUT2D eigenvalue weighted by atomic mass is 19.4. The number of likely N-dealkylation sites (tertiary alicyclic amines) is 1. The van der Waals surface area contributed by atoms with Gasteiger partial charge in [0.05, 0.1) is 48.0 Å². The first kappa shape index (κ1) is 28.6. The second kappa shape index (κ2) is 10.7. The number of imidazole rings is 1. The summed E-state index contributed by atoms with van der Waals surface area (Å²) >= 11 is 0. The summed E-state index contributed by atoms with van der Waals surface area (Å²) in [4.78, 5) is 22.8. The third-order valence-corrected chi connectivity index (χ3v) is 7.47. The molecule has 1 fully saturated rings. The van der Waals surface area contributed by atoms with Crippen molar-refractivity contribution in [2.75, 3.05) is 13.1 Å². The molecule has 0 spiro atoms. The van der Waals surface area contributed by atoms with Crippen LogP contribution in [0.5, 0.6) is 0 Å². The lowest BCUT2D eigenvalue weighted by atomic mass is 10.1. The van der Waals surface area contributed by atoms with Crippen molar-refractivity contribution in [1.82, 2.24) is 38.8 Å². The maximum atomic E-state index is 13.3. The Balaban J connectivity index is 1.18. The zero-order valence-corrected chi connectivity index (χ0v) is 23.9. The fourth-order valence-corrected chi connectivity index (χ4v) is 5.26. The van der Waals surface area contributed by atoms with Crippen molar-refractivity contribution in [3.8, 4) is 11.1 Å². The molecule has 0 aliphatic carbocycles. The predicted molar refractivity (Wildman–Crippen MR) is 150 cm³/mol. The van der Waals surface area contributed by atoms with Gasteiger partial charge in [0.15, 0.2) is 0 Å². The average Bonchev–Trinajstić information content (AvgIpc) is 3.70. The highest BCUT2D eigenvalue weighted by Crippen LogP contribution is 2.31. The molecule has 0 bridgehead atoms. The van der Waals surface area contributed by atoms with E-state index in [0.717, 1.165) is 36.2 Å². The first-order valence-corrected chi connectivity index (χ1v) is 13.9. The van der Waals surface area contributed by atoms with Crippen LogP contribution < -0.4 is 0 Å². The second-order valence-electron chi connectivity index (χ2n) is 11.7. The first-order chi connectivity index (χ1) is 20.4. The van der Waals surface area contributed by atoms with Crippen molar-refractivity contribution in [3.05, 3.63) is 66.6 Å². The molecule has 1 unspecified atom stereocenters. The van der Waals surface area contributed by atoms with E-state index in [2.05, 4.69) is 20.2 Å². The highest BCUT2D eigenvalue weighted by Gasteiger charge is 2.32. The number of carbonyl (C=O) groups is 1. The predicted octanol–water partition coefficient (Wildman–Crippen LogP) is 5.27. The Kier molecular flexibility index (Phi) is 7.11. The van der Waals surface area contributed by atoms with Crippen LogP contribution in [-0.2, 0) is 17.5 Å². The molecule has 1 aliphatic rings. The molecular weight excluding hydrogens is 565 g/mol. The minimum absolute atomic E-state index is 0.0197. The third kappa shape index (κ3) is 5.91. The number of aromatic nitrogens is 7. The van der Waals surface area contributed by atoms with Gasteiger partial charge in [0, 0.05) is 42.8 Å².